The van der Waals surface area contributed by atoms with Crippen LogP contribution in [0, 0.1) is 5.92 Å². The maximum absolute atomic E-state index is 13.1. The van der Waals surface area contributed by atoms with Crippen LogP contribution in [0.3, 0.4) is 0 Å². The van der Waals surface area contributed by atoms with E-state index in [1.807, 2.05) is 24.3 Å². The molecule has 3 atom stereocenters. The summed E-state index contributed by atoms with van der Waals surface area (Å²) in [5, 5.41) is 11.5. The molecule has 3 heterocycles. The zero-order valence-corrected chi connectivity index (χ0v) is 23.6. The molecule has 0 saturated heterocycles. The van der Waals surface area contributed by atoms with Gasteiger partial charge in [0.25, 0.3) is 0 Å². The van der Waals surface area contributed by atoms with Gasteiger partial charge in [0.2, 0.25) is 0 Å². The minimum absolute atomic E-state index is 0.00543. The first-order valence-corrected chi connectivity index (χ1v) is 14.2. The van der Waals surface area contributed by atoms with Crippen molar-refractivity contribution in [1.82, 2.24) is 14.9 Å². The van der Waals surface area contributed by atoms with Crippen molar-refractivity contribution in [1.29, 1.82) is 0 Å². The number of unbranched alkanes of at least 4 members (excludes halogenated alkanes) is 9. The van der Waals surface area contributed by atoms with E-state index in [4.69, 9.17) is 9.47 Å². The van der Waals surface area contributed by atoms with E-state index in [0.717, 1.165) is 19.3 Å². The van der Waals surface area contributed by atoms with Crippen molar-refractivity contribution in [3.05, 3.63) is 71.5 Å². The molecule has 0 spiro atoms. The lowest BCUT2D eigenvalue weighted by Crippen LogP contribution is -2.48. The lowest BCUT2D eigenvalue weighted by atomic mass is 9.81. The number of esters is 2. The van der Waals surface area contributed by atoms with Gasteiger partial charge in [-0.3, -0.25) is 19.7 Å². The van der Waals surface area contributed by atoms with Gasteiger partial charge in [-0.15, -0.1) is 0 Å². The molecule has 0 aromatic carbocycles. The molecule has 0 unspecified atom stereocenters. The van der Waals surface area contributed by atoms with Crippen LogP contribution in [0.5, 0.6) is 0 Å². The number of carbonyl (C=O) groups excluding carboxylic acids is 2. The Kier molecular flexibility index (Phi) is 12.4. The van der Waals surface area contributed by atoms with E-state index in [9.17, 15) is 14.7 Å². The van der Waals surface area contributed by atoms with Crippen LogP contribution in [0.25, 0.3) is 0 Å². The third kappa shape index (κ3) is 7.88. The molecular weight excluding hydrogens is 494 g/mol. The zero-order valence-electron chi connectivity index (χ0n) is 23.6. The second-order valence-electron chi connectivity index (χ2n) is 10.1. The average molecular weight is 538 g/mol. The number of aliphatic hydroxyl groups excluding tert-OH is 1. The van der Waals surface area contributed by atoms with Crippen LogP contribution in [0.1, 0.15) is 94.6 Å². The van der Waals surface area contributed by atoms with Crippen molar-refractivity contribution in [2.75, 3.05) is 20.8 Å². The summed E-state index contributed by atoms with van der Waals surface area (Å²) in [4.78, 5) is 37.3. The molecule has 1 N–H and O–H groups in total. The molecule has 0 aliphatic carbocycles. The Morgan fingerprint density at radius 2 is 1.38 bits per heavy atom. The van der Waals surface area contributed by atoms with E-state index in [2.05, 4.69) is 21.8 Å². The van der Waals surface area contributed by atoms with E-state index in [-0.39, 0.29) is 11.3 Å². The van der Waals surface area contributed by atoms with Crippen molar-refractivity contribution in [2.24, 2.45) is 5.92 Å². The number of pyridine rings is 2. The largest absolute Gasteiger partial charge is 0.511 e. The average Bonchev–Trinajstić information content (AvgIpc) is 2.98. The smallest absolute Gasteiger partial charge is 0.339 e. The third-order valence-electron chi connectivity index (χ3n) is 7.44. The van der Waals surface area contributed by atoms with Crippen LogP contribution in [0.2, 0.25) is 0 Å². The van der Waals surface area contributed by atoms with Gasteiger partial charge in [0.1, 0.15) is 11.7 Å². The summed E-state index contributed by atoms with van der Waals surface area (Å²) in [5.41, 5.74) is 1.20. The lowest BCUT2D eigenvalue weighted by molar-refractivity contribution is -0.150. The highest BCUT2D eigenvalue weighted by Gasteiger charge is 2.50. The van der Waals surface area contributed by atoms with E-state index in [0.29, 0.717) is 17.9 Å². The first kappa shape index (κ1) is 30.3. The number of aromatic nitrogens is 2. The van der Waals surface area contributed by atoms with Crippen LogP contribution < -0.4 is 0 Å². The topological polar surface area (TPSA) is 102 Å². The molecule has 0 bridgehead atoms. The van der Waals surface area contributed by atoms with E-state index >= 15 is 0 Å². The number of ether oxygens (including phenoxy) is 2. The molecule has 1 aliphatic rings. The highest BCUT2D eigenvalue weighted by atomic mass is 16.5. The predicted molar refractivity (Wildman–Crippen MR) is 150 cm³/mol. The van der Waals surface area contributed by atoms with Crippen LogP contribution in [-0.4, -0.2) is 52.7 Å². The van der Waals surface area contributed by atoms with Crippen molar-refractivity contribution in [3.8, 4) is 0 Å². The Labute approximate surface area is 232 Å². The second kappa shape index (κ2) is 16.0. The highest BCUT2D eigenvalue weighted by Crippen LogP contribution is 2.47. The normalized spacial score (nSPS) is 19.6. The van der Waals surface area contributed by atoms with Crippen molar-refractivity contribution in [3.63, 3.8) is 0 Å². The Balaban J connectivity index is 1.92. The first-order valence-electron chi connectivity index (χ1n) is 14.2. The summed E-state index contributed by atoms with van der Waals surface area (Å²) >= 11 is 0. The number of aliphatic hydroxyl groups is 1. The summed E-state index contributed by atoms with van der Waals surface area (Å²) in [7, 11) is 2.54. The number of hydrogen-bond acceptors (Lipinski definition) is 8. The highest BCUT2D eigenvalue weighted by molar-refractivity contribution is 5.93. The number of nitrogens with zero attached hydrogens (tertiary/aromatic N) is 3. The molecule has 8 nitrogen and oxygen atoms in total. The van der Waals surface area contributed by atoms with Gasteiger partial charge in [0, 0.05) is 12.4 Å². The molecule has 0 radical (unpaired) electrons. The fraction of sp³-hybridized carbons (Fsp3) is 0.548. The van der Waals surface area contributed by atoms with Gasteiger partial charge in [0.05, 0.1) is 43.3 Å². The molecule has 39 heavy (non-hydrogen) atoms. The minimum Gasteiger partial charge on any atom is -0.511 e. The second-order valence-corrected chi connectivity index (χ2v) is 10.1. The van der Waals surface area contributed by atoms with Crippen LogP contribution in [0.4, 0.5) is 0 Å². The molecule has 2 aromatic heterocycles. The van der Waals surface area contributed by atoms with Crippen molar-refractivity contribution in [2.45, 2.75) is 83.2 Å². The van der Waals surface area contributed by atoms with Crippen molar-refractivity contribution < 1.29 is 24.2 Å². The maximum Gasteiger partial charge on any atom is 0.339 e. The molecule has 212 valence electrons. The standard InChI is InChI=1S/C31H43N3O5/c1-4-5-6-7-8-9-10-11-12-17-22-34-27(23-18-13-15-20-32-23)25(30(36)38-2)29(35)26(31(37)39-3)28(34)24-19-14-16-21-33-24/h13-16,18-21,25,27-28,35H,4-12,17,22H2,1-3H3/t25-,27-,28+/m0/s1. The zero-order chi connectivity index (χ0) is 28.0. The van der Waals surface area contributed by atoms with Crippen LogP contribution in [0.15, 0.2) is 60.1 Å². The third-order valence-corrected chi connectivity index (χ3v) is 7.44. The minimum atomic E-state index is -1.14. The fourth-order valence-corrected chi connectivity index (χ4v) is 5.47. The Hall–Kier alpha value is -3.26. The van der Waals surface area contributed by atoms with Gasteiger partial charge in [0.15, 0.2) is 0 Å². The van der Waals surface area contributed by atoms with Gasteiger partial charge in [-0.05, 0) is 37.2 Å². The monoisotopic (exact) mass is 537 g/mol. The predicted octanol–water partition coefficient (Wildman–Crippen LogP) is 6.27. The van der Waals surface area contributed by atoms with Gasteiger partial charge in [-0.25, -0.2) is 4.79 Å². The van der Waals surface area contributed by atoms with E-state index in [1.165, 1.54) is 59.2 Å². The molecule has 8 heteroatoms. The summed E-state index contributed by atoms with van der Waals surface area (Å²) < 4.78 is 10.2. The SMILES string of the molecule is CCCCCCCCCCCCN1[C@H](c2ccccn2)C(C(=O)OC)=C(O)[C@@H](C(=O)OC)[C@@H]1c1ccccn1. The summed E-state index contributed by atoms with van der Waals surface area (Å²) in [6, 6.07) is 9.57. The molecule has 2 aromatic rings. The molecule has 3 rings (SSSR count). The van der Waals surface area contributed by atoms with Gasteiger partial charge >= 0.3 is 11.9 Å². The van der Waals surface area contributed by atoms with Gasteiger partial charge in [-0.1, -0.05) is 76.8 Å². The lowest BCUT2D eigenvalue weighted by Gasteiger charge is -2.44. The Bertz CT molecular complexity index is 1060. The van der Waals surface area contributed by atoms with Crippen LogP contribution >= 0.6 is 0 Å². The van der Waals surface area contributed by atoms with E-state index < -0.39 is 29.9 Å². The Morgan fingerprint density at radius 1 is 0.821 bits per heavy atom. The number of methoxy groups -OCH3 is 2. The first-order chi connectivity index (χ1) is 19.0. The van der Waals surface area contributed by atoms with Crippen LogP contribution in [-0.2, 0) is 19.1 Å². The molecule has 0 saturated carbocycles. The molecule has 0 fully saturated rings. The van der Waals surface area contributed by atoms with Gasteiger partial charge < -0.3 is 14.6 Å². The van der Waals surface area contributed by atoms with E-state index in [1.54, 1.807) is 24.5 Å². The number of carbonyl (C=O) groups is 2. The molecule has 1 aliphatic heterocycles. The maximum atomic E-state index is 13.1. The Morgan fingerprint density at radius 3 is 1.90 bits per heavy atom. The summed E-state index contributed by atoms with van der Waals surface area (Å²) in [5.74, 6) is -2.84. The summed E-state index contributed by atoms with van der Waals surface area (Å²) in [6.45, 7) is 2.80. The molecule has 0 amide bonds. The number of rotatable bonds is 15. The van der Waals surface area contributed by atoms with Gasteiger partial charge in [-0.2, -0.15) is 0 Å². The fourth-order valence-electron chi connectivity index (χ4n) is 5.47. The molecular formula is C31H43N3O5. The van der Waals surface area contributed by atoms with Crippen molar-refractivity contribution >= 4 is 11.9 Å². The number of hydrogen-bond donors (Lipinski definition) is 1. The quantitative estimate of drug-likeness (QED) is 0.209. The summed E-state index contributed by atoms with van der Waals surface area (Å²) in [6.07, 6.45) is 15.2.